The Morgan fingerprint density at radius 3 is 2.93 bits per heavy atom. The molecule has 0 bridgehead atoms. The van der Waals surface area contributed by atoms with Crippen molar-refractivity contribution < 1.29 is 9.32 Å². The van der Waals surface area contributed by atoms with Gasteiger partial charge >= 0.3 is 0 Å². The van der Waals surface area contributed by atoms with E-state index in [4.69, 9.17) is 4.52 Å². The number of nitrogens with zero attached hydrogens (tertiary/aromatic N) is 3. The van der Waals surface area contributed by atoms with Crippen molar-refractivity contribution in [3.8, 4) is 10.6 Å². The van der Waals surface area contributed by atoms with E-state index in [0.717, 1.165) is 15.8 Å². The first-order chi connectivity index (χ1) is 13.7. The zero-order valence-electron chi connectivity index (χ0n) is 14.8. The number of carbonyl (C=O) groups excluding carboxylic acids is 1. The Morgan fingerprint density at radius 2 is 2.07 bits per heavy atom. The molecule has 28 heavy (non-hydrogen) atoms. The fraction of sp³-hybridized carbons (Fsp3) is 0.0476. The van der Waals surface area contributed by atoms with Crippen LogP contribution in [0.5, 0.6) is 0 Å². The third-order valence-electron chi connectivity index (χ3n) is 4.53. The molecule has 1 aromatic carbocycles. The number of benzene rings is 1. The number of aryl methyl sites for hydroxylation is 1. The number of pyridine rings is 2. The second kappa shape index (κ2) is 6.54. The lowest BCUT2D eigenvalue weighted by Gasteiger charge is -2.10. The smallest absolute Gasteiger partial charge is 0.259 e. The highest BCUT2D eigenvalue weighted by Gasteiger charge is 2.20. The van der Waals surface area contributed by atoms with Crippen LogP contribution in [0.25, 0.3) is 32.6 Å². The van der Waals surface area contributed by atoms with E-state index in [2.05, 4.69) is 20.4 Å². The molecule has 136 valence electrons. The Hall–Kier alpha value is -3.58. The van der Waals surface area contributed by atoms with Crippen LogP contribution in [0, 0.1) is 6.92 Å². The van der Waals surface area contributed by atoms with E-state index in [1.165, 1.54) is 0 Å². The lowest BCUT2D eigenvalue weighted by Crippen LogP contribution is -2.13. The molecule has 0 atom stereocenters. The van der Waals surface area contributed by atoms with Crippen LogP contribution >= 0.6 is 11.3 Å². The third kappa shape index (κ3) is 2.73. The van der Waals surface area contributed by atoms with Gasteiger partial charge in [-0.3, -0.25) is 9.78 Å². The van der Waals surface area contributed by atoms with E-state index >= 15 is 0 Å². The van der Waals surface area contributed by atoms with Gasteiger partial charge in [0, 0.05) is 11.6 Å². The summed E-state index contributed by atoms with van der Waals surface area (Å²) in [7, 11) is 0. The maximum Gasteiger partial charge on any atom is 0.259 e. The average molecular weight is 386 g/mol. The van der Waals surface area contributed by atoms with Crippen LogP contribution in [0.15, 0.2) is 64.6 Å². The van der Waals surface area contributed by atoms with E-state index in [9.17, 15) is 4.79 Å². The molecule has 4 heterocycles. The summed E-state index contributed by atoms with van der Waals surface area (Å²) >= 11 is 1.55. The number of amides is 1. The van der Waals surface area contributed by atoms with Crippen molar-refractivity contribution in [1.29, 1.82) is 0 Å². The van der Waals surface area contributed by atoms with Crippen LogP contribution in [-0.2, 0) is 0 Å². The molecule has 0 fully saturated rings. The van der Waals surface area contributed by atoms with Gasteiger partial charge in [0.1, 0.15) is 0 Å². The van der Waals surface area contributed by atoms with Gasteiger partial charge in [-0.2, -0.15) is 0 Å². The summed E-state index contributed by atoms with van der Waals surface area (Å²) in [5, 5.41) is 10.5. The van der Waals surface area contributed by atoms with E-state index in [0.29, 0.717) is 33.7 Å². The van der Waals surface area contributed by atoms with Gasteiger partial charge in [-0.1, -0.05) is 17.3 Å². The molecule has 0 saturated heterocycles. The number of nitrogens with one attached hydrogen (secondary N) is 1. The standard InChI is InChI=1S/C21H14N4O2S/c1-12-19-14(11-17(18-8-4-10-28-18)24-21(19)27-25-12)20(26)23-16-7-2-6-15-13(16)5-3-9-22-15/h2-11H,1H3,(H,23,26). The minimum atomic E-state index is -0.243. The first-order valence-corrected chi connectivity index (χ1v) is 9.54. The van der Waals surface area contributed by atoms with Gasteiger partial charge in [-0.15, -0.1) is 11.3 Å². The minimum absolute atomic E-state index is 0.243. The normalized spacial score (nSPS) is 11.2. The fourth-order valence-corrected chi connectivity index (χ4v) is 3.91. The Labute approximate surface area is 163 Å². The predicted octanol–water partition coefficient (Wildman–Crippen LogP) is 5.06. The summed E-state index contributed by atoms with van der Waals surface area (Å²) in [6.45, 7) is 1.80. The van der Waals surface area contributed by atoms with Crippen LogP contribution in [0.3, 0.4) is 0 Å². The molecule has 0 aliphatic rings. The van der Waals surface area contributed by atoms with Crippen molar-refractivity contribution in [1.82, 2.24) is 15.1 Å². The number of aromatic nitrogens is 3. The molecule has 6 nitrogen and oxygen atoms in total. The van der Waals surface area contributed by atoms with Crippen LogP contribution in [0.4, 0.5) is 5.69 Å². The maximum atomic E-state index is 13.2. The van der Waals surface area contributed by atoms with Gasteiger partial charge < -0.3 is 9.84 Å². The van der Waals surface area contributed by atoms with Gasteiger partial charge in [-0.05, 0) is 48.7 Å². The molecule has 4 aromatic heterocycles. The van der Waals surface area contributed by atoms with Gasteiger partial charge in [-0.25, -0.2) is 4.98 Å². The SMILES string of the molecule is Cc1noc2nc(-c3cccs3)cc(C(=O)Nc3cccc4ncccc34)c12. The van der Waals surface area contributed by atoms with E-state index in [1.807, 2.05) is 47.8 Å². The summed E-state index contributed by atoms with van der Waals surface area (Å²) in [5.41, 5.74) is 3.67. The number of anilines is 1. The molecule has 0 aliphatic heterocycles. The van der Waals surface area contributed by atoms with Crippen molar-refractivity contribution in [2.75, 3.05) is 5.32 Å². The third-order valence-corrected chi connectivity index (χ3v) is 5.42. The molecule has 0 spiro atoms. The zero-order valence-corrected chi connectivity index (χ0v) is 15.7. The van der Waals surface area contributed by atoms with Crippen LogP contribution < -0.4 is 5.32 Å². The number of hydrogen-bond acceptors (Lipinski definition) is 6. The van der Waals surface area contributed by atoms with Gasteiger partial charge in [0.2, 0.25) is 0 Å². The Bertz CT molecular complexity index is 1320. The summed E-state index contributed by atoms with van der Waals surface area (Å²) in [6, 6.07) is 15.1. The van der Waals surface area contributed by atoms with Crippen molar-refractivity contribution in [2.45, 2.75) is 6.92 Å². The monoisotopic (exact) mass is 386 g/mol. The summed E-state index contributed by atoms with van der Waals surface area (Å²) in [4.78, 5) is 23.0. The van der Waals surface area contributed by atoms with Crippen molar-refractivity contribution >= 4 is 44.9 Å². The molecule has 1 amide bonds. The van der Waals surface area contributed by atoms with Crippen molar-refractivity contribution in [3.63, 3.8) is 0 Å². The number of hydrogen-bond donors (Lipinski definition) is 1. The molecule has 0 aliphatic carbocycles. The number of thiophene rings is 1. The second-order valence-corrected chi connectivity index (χ2v) is 7.26. The number of rotatable bonds is 3. The number of fused-ring (bicyclic) bond motifs is 2. The maximum absolute atomic E-state index is 13.2. The van der Waals surface area contributed by atoms with E-state index < -0.39 is 0 Å². The first kappa shape index (κ1) is 16.6. The highest BCUT2D eigenvalue weighted by atomic mass is 32.1. The minimum Gasteiger partial charge on any atom is -0.335 e. The first-order valence-electron chi connectivity index (χ1n) is 8.67. The average Bonchev–Trinajstić information content (AvgIpc) is 3.38. The predicted molar refractivity (Wildman–Crippen MR) is 110 cm³/mol. The number of carbonyl (C=O) groups is 1. The summed E-state index contributed by atoms with van der Waals surface area (Å²) < 4.78 is 5.35. The molecular weight excluding hydrogens is 372 g/mol. The topological polar surface area (TPSA) is 80.9 Å². The van der Waals surface area contributed by atoms with Crippen LogP contribution in [-0.4, -0.2) is 21.0 Å². The molecule has 0 radical (unpaired) electrons. The summed E-state index contributed by atoms with van der Waals surface area (Å²) in [6.07, 6.45) is 1.73. The largest absolute Gasteiger partial charge is 0.335 e. The highest BCUT2D eigenvalue weighted by Crippen LogP contribution is 2.30. The highest BCUT2D eigenvalue weighted by molar-refractivity contribution is 7.13. The quantitative estimate of drug-likeness (QED) is 0.469. The van der Waals surface area contributed by atoms with E-state index in [1.54, 1.807) is 30.5 Å². The lowest BCUT2D eigenvalue weighted by atomic mass is 10.1. The Balaban J connectivity index is 1.63. The van der Waals surface area contributed by atoms with E-state index in [-0.39, 0.29) is 5.91 Å². The lowest BCUT2D eigenvalue weighted by molar-refractivity contribution is 0.102. The fourth-order valence-electron chi connectivity index (χ4n) is 3.23. The van der Waals surface area contributed by atoms with Crippen molar-refractivity contribution in [2.24, 2.45) is 0 Å². The molecular formula is C21H14N4O2S. The molecule has 5 rings (SSSR count). The zero-order chi connectivity index (χ0) is 19.1. The molecule has 1 N–H and O–H groups in total. The molecule has 7 heteroatoms. The Kier molecular flexibility index (Phi) is 3.87. The van der Waals surface area contributed by atoms with Crippen molar-refractivity contribution in [3.05, 3.63) is 71.4 Å². The van der Waals surface area contributed by atoms with Gasteiger partial charge in [0.05, 0.1) is 38.4 Å². The Morgan fingerprint density at radius 1 is 1.14 bits per heavy atom. The van der Waals surface area contributed by atoms with Gasteiger partial charge in [0.15, 0.2) is 0 Å². The molecule has 0 unspecified atom stereocenters. The van der Waals surface area contributed by atoms with Crippen LogP contribution in [0.1, 0.15) is 16.1 Å². The molecule has 0 saturated carbocycles. The summed E-state index contributed by atoms with van der Waals surface area (Å²) in [5.74, 6) is -0.243. The van der Waals surface area contributed by atoms with Crippen LogP contribution in [0.2, 0.25) is 0 Å². The second-order valence-electron chi connectivity index (χ2n) is 6.31. The van der Waals surface area contributed by atoms with Gasteiger partial charge in [0.25, 0.3) is 11.6 Å². The molecule has 5 aromatic rings.